The van der Waals surface area contributed by atoms with Gasteiger partial charge in [0.1, 0.15) is 22.8 Å². The van der Waals surface area contributed by atoms with Gasteiger partial charge >= 0.3 is 0 Å². The molecule has 2 aromatic rings. The number of phenolic OH excluding ortho intramolecular Hbond substituents is 2. The lowest BCUT2D eigenvalue weighted by atomic mass is 9.66. The molecule has 0 aromatic heterocycles. The molecule has 6 N–H and O–H groups in total. The first kappa shape index (κ1) is 25.3. The largest absolute Gasteiger partial charge is 0.507 e. The lowest BCUT2D eigenvalue weighted by molar-refractivity contribution is -0.146. The van der Waals surface area contributed by atoms with Crippen LogP contribution in [0.5, 0.6) is 17.2 Å². The van der Waals surface area contributed by atoms with Crippen LogP contribution in [0.2, 0.25) is 0 Å². The molecule has 1 heterocycles. The van der Waals surface area contributed by atoms with E-state index in [1.165, 1.54) is 32.2 Å². The van der Waals surface area contributed by atoms with Crippen molar-refractivity contribution in [2.75, 3.05) is 7.11 Å². The molecule has 0 radical (unpaired) electrons. The van der Waals surface area contributed by atoms with E-state index in [0.29, 0.717) is 0 Å². The van der Waals surface area contributed by atoms with E-state index in [1.54, 1.807) is 6.92 Å². The standard InChI is InChI=1S/C27H29NO9/c1-10-22(30)15(28)7-17(37-10)13-8-27(35,11(2)29)9-14-18(13)25(33)21-20(24(14)32)23(31)12-5-4-6-16(36-3)19(12)26(21)34/h4-6,10,13,15,17,22,30,32-33,35H,7-9,28H2,1-3H3/t10-,13?,15-,17-,22+,27-/m0/s1. The van der Waals surface area contributed by atoms with Gasteiger partial charge in [0.05, 0.1) is 42.1 Å². The summed E-state index contributed by atoms with van der Waals surface area (Å²) in [6.07, 6.45) is -2.81. The number of nitrogens with two attached hydrogens (primary N) is 1. The predicted molar refractivity (Wildman–Crippen MR) is 129 cm³/mol. The van der Waals surface area contributed by atoms with Gasteiger partial charge in [0.15, 0.2) is 11.6 Å². The number of ether oxygens (including phenoxy) is 2. The Kier molecular flexibility index (Phi) is 5.91. The molecular weight excluding hydrogens is 482 g/mol. The first-order valence-corrected chi connectivity index (χ1v) is 12.1. The van der Waals surface area contributed by atoms with Gasteiger partial charge in [-0.1, -0.05) is 12.1 Å². The van der Waals surface area contributed by atoms with Crippen LogP contribution in [0.4, 0.5) is 0 Å². The Hall–Kier alpha value is -3.31. The summed E-state index contributed by atoms with van der Waals surface area (Å²) < 4.78 is 11.3. The van der Waals surface area contributed by atoms with Crippen LogP contribution >= 0.6 is 0 Å². The molecule has 2 aliphatic carbocycles. The lowest BCUT2D eigenvalue weighted by Crippen LogP contribution is -2.54. The highest BCUT2D eigenvalue weighted by Gasteiger charge is 2.51. The number of aliphatic hydroxyl groups is 2. The summed E-state index contributed by atoms with van der Waals surface area (Å²) >= 11 is 0. The number of methoxy groups -OCH3 is 1. The fraction of sp³-hybridized carbons (Fsp3) is 0.444. The number of ketones is 3. The quantitative estimate of drug-likeness (QED) is 0.320. The number of Topliss-reactive ketones (excluding diaryl/α,β-unsaturated/α-hetero) is 1. The summed E-state index contributed by atoms with van der Waals surface area (Å²) in [6.45, 7) is 2.85. The van der Waals surface area contributed by atoms with E-state index < -0.39 is 70.3 Å². The number of hydrogen-bond donors (Lipinski definition) is 5. The number of rotatable bonds is 3. The number of hydrogen-bond acceptors (Lipinski definition) is 10. The Bertz CT molecular complexity index is 1340. The van der Waals surface area contributed by atoms with Gasteiger partial charge < -0.3 is 35.6 Å². The van der Waals surface area contributed by atoms with Crippen molar-refractivity contribution in [3.8, 4) is 17.2 Å². The molecule has 0 bridgehead atoms. The predicted octanol–water partition coefficient (Wildman–Crippen LogP) is 1.10. The molecule has 196 valence electrons. The zero-order valence-corrected chi connectivity index (χ0v) is 20.6. The summed E-state index contributed by atoms with van der Waals surface area (Å²) in [5, 5.41) is 44.5. The molecule has 0 spiro atoms. The minimum absolute atomic E-state index is 0.00471. The molecule has 3 aliphatic rings. The smallest absolute Gasteiger partial charge is 0.202 e. The van der Waals surface area contributed by atoms with E-state index in [2.05, 4.69) is 0 Å². The van der Waals surface area contributed by atoms with Crippen LogP contribution in [0.3, 0.4) is 0 Å². The van der Waals surface area contributed by atoms with Crippen molar-refractivity contribution in [3.63, 3.8) is 0 Å². The Balaban J connectivity index is 1.76. The average molecular weight is 512 g/mol. The van der Waals surface area contributed by atoms with E-state index >= 15 is 0 Å². The second kappa shape index (κ2) is 8.63. The number of benzene rings is 2. The molecule has 5 rings (SSSR count). The summed E-state index contributed by atoms with van der Waals surface area (Å²) in [5.74, 6) is -3.79. The number of carbonyl (C=O) groups is 3. The summed E-state index contributed by atoms with van der Waals surface area (Å²) in [7, 11) is 1.35. The van der Waals surface area contributed by atoms with E-state index in [4.69, 9.17) is 15.2 Å². The SMILES string of the molecule is COc1cccc2c1C(=O)c1c(O)c3c(c(O)c1C2=O)C[C@](O)(C(C)=O)CC3[C@@H]1C[C@H](N)[C@H](O)[C@H](C)O1. The van der Waals surface area contributed by atoms with Crippen molar-refractivity contribution < 1.29 is 44.3 Å². The van der Waals surface area contributed by atoms with E-state index in [0.717, 1.165) is 0 Å². The van der Waals surface area contributed by atoms with Crippen molar-refractivity contribution in [2.24, 2.45) is 5.73 Å². The number of carbonyl (C=O) groups excluding carboxylic acids is 3. The fourth-order valence-corrected chi connectivity index (χ4v) is 6.04. The van der Waals surface area contributed by atoms with Crippen LogP contribution in [0.15, 0.2) is 18.2 Å². The van der Waals surface area contributed by atoms with Gasteiger partial charge in [-0.05, 0) is 32.8 Å². The molecule has 2 aromatic carbocycles. The first-order valence-electron chi connectivity index (χ1n) is 12.1. The highest BCUT2D eigenvalue weighted by Crippen LogP contribution is 2.53. The third-order valence-electron chi connectivity index (χ3n) is 8.08. The zero-order chi connectivity index (χ0) is 27.0. The van der Waals surface area contributed by atoms with Gasteiger partial charge in [-0.25, -0.2) is 0 Å². The van der Waals surface area contributed by atoms with Crippen molar-refractivity contribution in [3.05, 3.63) is 51.6 Å². The van der Waals surface area contributed by atoms with Crippen molar-refractivity contribution in [1.29, 1.82) is 0 Å². The summed E-state index contributed by atoms with van der Waals surface area (Å²) in [5.41, 5.74) is 3.53. The van der Waals surface area contributed by atoms with Crippen LogP contribution in [-0.4, -0.2) is 74.8 Å². The highest BCUT2D eigenvalue weighted by molar-refractivity contribution is 6.31. The normalized spacial score (nSPS) is 30.8. The minimum Gasteiger partial charge on any atom is -0.507 e. The number of fused-ring (bicyclic) bond motifs is 3. The molecule has 1 saturated heterocycles. The monoisotopic (exact) mass is 511 g/mol. The molecule has 1 aliphatic heterocycles. The lowest BCUT2D eigenvalue weighted by Gasteiger charge is -2.45. The highest BCUT2D eigenvalue weighted by atomic mass is 16.5. The van der Waals surface area contributed by atoms with E-state index in [9.17, 15) is 34.8 Å². The van der Waals surface area contributed by atoms with Gasteiger partial charge in [0.2, 0.25) is 5.78 Å². The van der Waals surface area contributed by atoms with Crippen LogP contribution in [0.1, 0.15) is 75.6 Å². The number of phenols is 2. The third-order valence-corrected chi connectivity index (χ3v) is 8.08. The molecule has 0 saturated carbocycles. The molecular formula is C27H29NO9. The Morgan fingerprint density at radius 2 is 1.81 bits per heavy atom. The molecule has 1 unspecified atom stereocenters. The topological polar surface area (TPSA) is 177 Å². The maximum absolute atomic E-state index is 13.7. The van der Waals surface area contributed by atoms with Gasteiger partial charge in [-0.3, -0.25) is 14.4 Å². The fourth-order valence-electron chi connectivity index (χ4n) is 6.04. The molecule has 1 fully saturated rings. The molecule has 0 amide bonds. The molecule has 6 atom stereocenters. The molecule has 37 heavy (non-hydrogen) atoms. The average Bonchev–Trinajstić information content (AvgIpc) is 2.86. The Morgan fingerprint density at radius 1 is 1.14 bits per heavy atom. The van der Waals surface area contributed by atoms with Gasteiger partial charge in [-0.15, -0.1) is 0 Å². The van der Waals surface area contributed by atoms with E-state index in [-0.39, 0.29) is 52.8 Å². The van der Waals surface area contributed by atoms with Crippen molar-refractivity contribution in [2.45, 2.75) is 69.0 Å². The van der Waals surface area contributed by atoms with Crippen LogP contribution < -0.4 is 10.5 Å². The van der Waals surface area contributed by atoms with Gasteiger partial charge in [0, 0.05) is 35.1 Å². The minimum atomic E-state index is -1.93. The maximum atomic E-state index is 13.7. The second-order valence-corrected chi connectivity index (χ2v) is 10.2. The van der Waals surface area contributed by atoms with Gasteiger partial charge in [0.25, 0.3) is 0 Å². The summed E-state index contributed by atoms with van der Waals surface area (Å²) in [4.78, 5) is 39.7. The van der Waals surface area contributed by atoms with Crippen LogP contribution in [-0.2, 0) is 16.0 Å². The molecule has 10 nitrogen and oxygen atoms in total. The molecule has 10 heteroatoms. The van der Waals surface area contributed by atoms with Gasteiger partial charge in [-0.2, -0.15) is 0 Å². The van der Waals surface area contributed by atoms with Crippen molar-refractivity contribution >= 4 is 17.3 Å². The Labute approximate surface area is 212 Å². The summed E-state index contributed by atoms with van der Waals surface area (Å²) in [6, 6.07) is 3.80. The number of aromatic hydroxyl groups is 2. The number of aliphatic hydroxyl groups excluding tert-OH is 1. The zero-order valence-electron chi connectivity index (χ0n) is 20.6. The first-order chi connectivity index (χ1) is 17.4. The van der Waals surface area contributed by atoms with Crippen LogP contribution in [0.25, 0.3) is 0 Å². The Morgan fingerprint density at radius 3 is 2.43 bits per heavy atom. The maximum Gasteiger partial charge on any atom is 0.202 e. The third kappa shape index (κ3) is 3.58. The second-order valence-electron chi connectivity index (χ2n) is 10.2. The van der Waals surface area contributed by atoms with E-state index in [1.807, 2.05) is 0 Å². The van der Waals surface area contributed by atoms with Crippen molar-refractivity contribution in [1.82, 2.24) is 0 Å². The van der Waals surface area contributed by atoms with Crippen LogP contribution in [0, 0.1) is 0 Å².